The summed E-state index contributed by atoms with van der Waals surface area (Å²) in [5.74, 6) is -0.435. The number of benzene rings is 1. The highest BCUT2D eigenvalue weighted by molar-refractivity contribution is 7.07. The first-order valence-electron chi connectivity index (χ1n) is 5.82. The third-order valence-corrected chi connectivity index (χ3v) is 3.39. The number of nitrogens with zero attached hydrogens (tertiary/aromatic N) is 1. The van der Waals surface area contributed by atoms with E-state index in [4.69, 9.17) is 9.84 Å². The summed E-state index contributed by atoms with van der Waals surface area (Å²) in [6, 6.07) is 5.41. The van der Waals surface area contributed by atoms with E-state index in [1.807, 2.05) is 12.1 Å². The van der Waals surface area contributed by atoms with Crippen LogP contribution in [0.1, 0.15) is 11.1 Å². The van der Waals surface area contributed by atoms with Gasteiger partial charge in [-0.25, -0.2) is 4.79 Å². The molecule has 2 rings (SSSR count). The molecule has 0 radical (unpaired) electrons. The van der Waals surface area contributed by atoms with Gasteiger partial charge in [-0.3, -0.25) is 4.79 Å². The average molecular weight is 291 g/mol. The minimum absolute atomic E-state index is 0.0246. The molecule has 104 valence electrons. The van der Waals surface area contributed by atoms with E-state index in [2.05, 4.69) is 0 Å². The summed E-state index contributed by atoms with van der Waals surface area (Å²) >= 11 is 1.14. The molecule has 0 fully saturated rings. The molecule has 1 aromatic carbocycles. The smallest absolute Gasteiger partial charge is 0.328 e. The van der Waals surface area contributed by atoms with E-state index >= 15 is 0 Å². The quantitative estimate of drug-likeness (QED) is 0.856. The lowest BCUT2D eigenvalue weighted by atomic mass is 10.1. The number of carboxylic acids is 1. The largest absolute Gasteiger partial charge is 0.496 e. The van der Waals surface area contributed by atoms with Crippen LogP contribution in [-0.4, -0.2) is 22.8 Å². The van der Waals surface area contributed by atoms with Gasteiger partial charge in [-0.1, -0.05) is 17.4 Å². The van der Waals surface area contributed by atoms with Crippen LogP contribution in [-0.2, 0) is 11.3 Å². The third kappa shape index (κ3) is 3.36. The van der Waals surface area contributed by atoms with Gasteiger partial charge in [0.15, 0.2) is 0 Å². The predicted molar refractivity (Wildman–Crippen MR) is 77.3 cm³/mol. The number of aliphatic carboxylic acids is 1. The summed E-state index contributed by atoms with van der Waals surface area (Å²) in [5, 5.41) is 10.4. The highest BCUT2D eigenvalue weighted by atomic mass is 32.1. The highest BCUT2D eigenvalue weighted by Crippen LogP contribution is 2.21. The summed E-state index contributed by atoms with van der Waals surface area (Å²) in [7, 11) is 1.52. The summed E-state index contributed by atoms with van der Waals surface area (Å²) in [5.41, 5.74) is 1.56. The lowest BCUT2D eigenvalue weighted by Gasteiger charge is -2.08. The first kappa shape index (κ1) is 14.1. The number of thiazole rings is 1. The maximum absolute atomic E-state index is 11.5. The second kappa shape index (κ2) is 6.21. The standard InChI is InChI=1S/C14H13NO4S/c1-19-12-4-2-10(8-11(12)3-5-13(16)17)9-15-6-7-20-14(15)18/h2-8H,9H2,1H3,(H,16,17). The van der Waals surface area contributed by atoms with Crippen molar-refractivity contribution >= 4 is 23.4 Å². The van der Waals surface area contributed by atoms with Crippen molar-refractivity contribution < 1.29 is 14.6 Å². The van der Waals surface area contributed by atoms with Gasteiger partial charge in [-0.05, 0) is 23.8 Å². The maximum atomic E-state index is 11.5. The number of ether oxygens (including phenoxy) is 1. The second-order valence-electron chi connectivity index (χ2n) is 4.04. The lowest BCUT2D eigenvalue weighted by molar-refractivity contribution is -0.131. The van der Waals surface area contributed by atoms with Gasteiger partial charge in [0.05, 0.1) is 13.7 Å². The zero-order valence-electron chi connectivity index (χ0n) is 10.8. The number of carbonyl (C=O) groups is 1. The Kier molecular flexibility index (Phi) is 4.37. The van der Waals surface area contributed by atoms with Crippen molar-refractivity contribution in [1.82, 2.24) is 4.57 Å². The normalized spacial score (nSPS) is 10.8. The molecule has 1 heterocycles. The number of aromatic nitrogens is 1. The first-order chi connectivity index (χ1) is 9.60. The van der Waals surface area contributed by atoms with Crippen LogP contribution < -0.4 is 9.61 Å². The zero-order valence-corrected chi connectivity index (χ0v) is 11.6. The Balaban J connectivity index is 2.32. The summed E-state index contributed by atoms with van der Waals surface area (Å²) in [6.45, 7) is 0.445. The van der Waals surface area contributed by atoms with Crippen LogP contribution in [0.15, 0.2) is 40.6 Å². The fourth-order valence-corrected chi connectivity index (χ4v) is 2.36. The van der Waals surface area contributed by atoms with Crippen LogP contribution in [0.2, 0.25) is 0 Å². The molecule has 0 bridgehead atoms. The van der Waals surface area contributed by atoms with Gasteiger partial charge in [0.2, 0.25) is 0 Å². The van der Waals surface area contributed by atoms with Gasteiger partial charge in [-0.2, -0.15) is 0 Å². The Morgan fingerprint density at radius 1 is 1.50 bits per heavy atom. The molecule has 5 nitrogen and oxygen atoms in total. The van der Waals surface area contributed by atoms with E-state index in [9.17, 15) is 9.59 Å². The van der Waals surface area contributed by atoms with Crippen LogP contribution in [0.5, 0.6) is 5.75 Å². The fourth-order valence-electron chi connectivity index (χ4n) is 1.78. The Bertz CT molecular complexity index is 699. The number of methoxy groups -OCH3 is 1. The lowest BCUT2D eigenvalue weighted by Crippen LogP contribution is -2.12. The molecule has 1 aromatic heterocycles. The van der Waals surface area contributed by atoms with Crippen LogP contribution in [0.25, 0.3) is 6.08 Å². The molecule has 0 amide bonds. The topological polar surface area (TPSA) is 68.5 Å². The fraction of sp³-hybridized carbons (Fsp3) is 0.143. The summed E-state index contributed by atoms with van der Waals surface area (Å²) in [4.78, 5) is 22.1. The van der Waals surface area contributed by atoms with Gasteiger partial charge in [0, 0.05) is 23.2 Å². The van der Waals surface area contributed by atoms with E-state index in [1.54, 1.807) is 22.2 Å². The number of carboxylic acid groups (broad SMARTS) is 1. The molecule has 0 aliphatic heterocycles. The van der Waals surface area contributed by atoms with Gasteiger partial charge in [-0.15, -0.1) is 0 Å². The number of hydrogen-bond acceptors (Lipinski definition) is 4. The Morgan fingerprint density at radius 2 is 2.30 bits per heavy atom. The minimum Gasteiger partial charge on any atom is -0.496 e. The molecule has 20 heavy (non-hydrogen) atoms. The highest BCUT2D eigenvalue weighted by Gasteiger charge is 2.04. The molecular formula is C14H13NO4S. The van der Waals surface area contributed by atoms with Crippen LogP contribution in [0, 0.1) is 0 Å². The van der Waals surface area contributed by atoms with E-state index in [0.29, 0.717) is 17.9 Å². The molecule has 0 saturated carbocycles. The van der Waals surface area contributed by atoms with Crippen molar-refractivity contribution in [3.63, 3.8) is 0 Å². The molecule has 0 aliphatic carbocycles. The maximum Gasteiger partial charge on any atom is 0.328 e. The van der Waals surface area contributed by atoms with Crippen LogP contribution in [0.4, 0.5) is 0 Å². The van der Waals surface area contributed by atoms with E-state index in [0.717, 1.165) is 23.0 Å². The Morgan fingerprint density at radius 3 is 2.90 bits per heavy atom. The predicted octanol–water partition coefficient (Wildman–Crippen LogP) is 2.06. The average Bonchev–Trinajstić information content (AvgIpc) is 2.82. The van der Waals surface area contributed by atoms with Gasteiger partial charge in [0.1, 0.15) is 5.75 Å². The third-order valence-electron chi connectivity index (χ3n) is 2.70. The molecule has 0 spiro atoms. The summed E-state index contributed by atoms with van der Waals surface area (Å²) in [6.07, 6.45) is 4.25. The van der Waals surface area contributed by atoms with Crippen LogP contribution in [0.3, 0.4) is 0 Å². The van der Waals surface area contributed by atoms with E-state index in [-0.39, 0.29) is 4.87 Å². The van der Waals surface area contributed by atoms with Crippen molar-refractivity contribution in [3.8, 4) is 5.75 Å². The van der Waals surface area contributed by atoms with Gasteiger partial charge in [0.25, 0.3) is 0 Å². The zero-order chi connectivity index (χ0) is 14.5. The monoisotopic (exact) mass is 291 g/mol. The molecule has 1 N–H and O–H groups in total. The van der Waals surface area contributed by atoms with Crippen molar-refractivity contribution in [2.24, 2.45) is 0 Å². The molecule has 0 atom stereocenters. The van der Waals surface area contributed by atoms with E-state index < -0.39 is 5.97 Å². The minimum atomic E-state index is -1.02. The second-order valence-corrected chi connectivity index (χ2v) is 4.90. The number of rotatable bonds is 5. The van der Waals surface area contributed by atoms with Gasteiger partial charge < -0.3 is 14.4 Å². The molecule has 2 aromatic rings. The molecule has 0 aliphatic rings. The Labute approximate surface area is 119 Å². The Hall–Kier alpha value is -2.34. The van der Waals surface area contributed by atoms with Gasteiger partial charge >= 0.3 is 10.8 Å². The van der Waals surface area contributed by atoms with Crippen molar-refractivity contribution in [3.05, 3.63) is 56.6 Å². The molecular weight excluding hydrogens is 278 g/mol. The van der Waals surface area contributed by atoms with E-state index in [1.165, 1.54) is 13.2 Å². The number of hydrogen-bond donors (Lipinski definition) is 1. The summed E-state index contributed by atoms with van der Waals surface area (Å²) < 4.78 is 6.78. The molecule has 0 unspecified atom stereocenters. The molecule has 6 heteroatoms. The molecule has 0 saturated heterocycles. The van der Waals surface area contributed by atoms with Crippen molar-refractivity contribution in [1.29, 1.82) is 0 Å². The van der Waals surface area contributed by atoms with Crippen molar-refractivity contribution in [2.45, 2.75) is 6.54 Å². The first-order valence-corrected chi connectivity index (χ1v) is 6.70. The SMILES string of the molecule is COc1ccc(Cn2ccsc2=O)cc1C=CC(=O)O. The van der Waals surface area contributed by atoms with Crippen LogP contribution >= 0.6 is 11.3 Å². The van der Waals surface area contributed by atoms with Crippen molar-refractivity contribution in [2.75, 3.05) is 7.11 Å².